The van der Waals surface area contributed by atoms with Gasteiger partial charge in [0.25, 0.3) is 0 Å². The summed E-state index contributed by atoms with van der Waals surface area (Å²) in [5.74, 6) is 0. The molecule has 0 bridgehead atoms. The minimum Gasteiger partial charge on any atom is -0.198 e. The van der Waals surface area contributed by atoms with E-state index in [9.17, 15) is 0 Å². The van der Waals surface area contributed by atoms with Crippen molar-refractivity contribution in [1.82, 2.24) is 0 Å². The molecule has 0 amide bonds. The van der Waals surface area contributed by atoms with E-state index in [0.717, 1.165) is 25.7 Å². The van der Waals surface area contributed by atoms with Crippen molar-refractivity contribution in [1.29, 1.82) is 21.0 Å². The van der Waals surface area contributed by atoms with E-state index < -0.39 is 21.7 Å². The van der Waals surface area contributed by atoms with Crippen molar-refractivity contribution >= 4 is 0 Å². The third kappa shape index (κ3) is 4.49. The largest absolute Gasteiger partial charge is 0.198 e. The van der Waals surface area contributed by atoms with Crippen LogP contribution in [0.15, 0.2) is 0 Å². The molecule has 0 aliphatic rings. The van der Waals surface area contributed by atoms with Gasteiger partial charge in [0.15, 0.2) is 0 Å². The van der Waals surface area contributed by atoms with E-state index in [4.69, 9.17) is 21.0 Å². The van der Waals surface area contributed by atoms with Crippen LogP contribution < -0.4 is 0 Å². The summed E-state index contributed by atoms with van der Waals surface area (Å²) in [7, 11) is 0. The summed E-state index contributed by atoms with van der Waals surface area (Å²) in [6, 6.07) is 8.99. The van der Waals surface area contributed by atoms with E-state index in [1.807, 2.05) is 55.4 Å². The van der Waals surface area contributed by atoms with Crippen LogP contribution in [-0.2, 0) is 0 Å². The molecule has 4 heteroatoms. The molecular weight excluding hydrogens is 296 g/mol. The summed E-state index contributed by atoms with van der Waals surface area (Å²) in [6.07, 6.45) is 2.92. The number of hydrogen-bond acceptors (Lipinski definition) is 4. The molecule has 0 rings (SSSR count). The van der Waals surface area contributed by atoms with E-state index in [1.54, 1.807) is 0 Å². The normalized spacial score (nSPS) is 15.8. The highest BCUT2D eigenvalue weighted by Gasteiger charge is 2.43. The Labute approximate surface area is 148 Å². The Kier molecular flexibility index (Phi) is 9.39. The van der Waals surface area contributed by atoms with Gasteiger partial charge in [0.05, 0.1) is 45.9 Å². The van der Waals surface area contributed by atoms with Crippen molar-refractivity contribution in [2.45, 2.75) is 81.1 Å². The second kappa shape index (κ2) is 9.30. The SMILES string of the molecule is CCC(C#N)(CC)C(C)(C)C#N.CCC(C)(C#N)C(C)(C#N)CC. The predicted octanol–water partition coefficient (Wildman–Crippen LogP) is 5.73. The Bertz CT molecular complexity index is 534. The minimum absolute atomic E-state index is 0.484. The van der Waals surface area contributed by atoms with Crippen molar-refractivity contribution in [3.8, 4) is 24.3 Å². The molecule has 2 atom stereocenters. The van der Waals surface area contributed by atoms with Crippen molar-refractivity contribution < 1.29 is 0 Å². The quantitative estimate of drug-likeness (QED) is 0.621. The molecule has 4 nitrogen and oxygen atoms in total. The first-order chi connectivity index (χ1) is 11.0. The molecule has 0 fully saturated rings. The Morgan fingerprint density at radius 2 is 0.875 bits per heavy atom. The summed E-state index contributed by atoms with van der Waals surface area (Å²) in [5.41, 5.74) is -2.07. The third-order valence-electron chi connectivity index (χ3n) is 6.02. The van der Waals surface area contributed by atoms with Crippen LogP contribution in [-0.4, -0.2) is 0 Å². The molecule has 0 N–H and O–H groups in total. The van der Waals surface area contributed by atoms with Gasteiger partial charge in [-0.1, -0.05) is 27.7 Å². The van der Waals surface area contributed by atoms with Crippen LogP contribution in [0.5, 0.6) is 0 Å². The Hall–Kier alpha value is -2.04. The molecule has 0 saturated heterocycles. The molecule has 0 radical (unpaired) electrons. The number of rotatable bonds is 6. The van der Waals surface area contributed by atoms with Crippen molar-refractivity contribution in [2.24, 2.45) is 21.7 Å². The smallest absolute Gasteiger partial charge is 0.0749 e. The topological polar surface area (TPSA) is 95.2 Å². The Morgan fingerprint density at radius 3 is 0.958 bits per heavy atom. The second-order valence-corrected chi connectivity index (χ2v) is 7.23. The van der Waals surface area contributed by atoms with Gasteiger partial charge in [-0.3, -0.25) is 0 Å². The lowest BCUT2D eigenvalue weighted by molar-refractivity contribution is 0.183. The number of nitrogens with zero attached hydrogens (tertiary/aromatic N) is 4. The molecule has 2 unspecified atom stereocenters. The predicted molar refractivity (Wildman–Crippen MR) is 96.0 cm³/mol. The molecule has 0 aliphatic carbocycles. The van der Waals surface area contributed by atoms with E-state index in [2.05, 4.69) is 24.3 Å². The summed E-state index contributed by atoms with van der Waals surface area (Å²) in [4.78, 5) is 0. The van der Waals surface area contributed by atoms with Crippen molar-refractivity contribution in [3.63, 3.8) is 0 Å². The zero-order valence-electron chi connectivity index (χ0n) is 16.6. The second-order valence-electron chi connectivity index (χ2n) is 7.23. The van der Waals surface area contributed by atoms with Gasteiger partial charge < -0.3 is 0 Å². The molecule has 24 heavy (non-hydrogen) atoms. The van der Waals surface area contributed by atoms with Crippen LogP contribution in [0.25, 0.3) is 0 Å². The van der Waals surface area contributed by atoms with Crippen molar-refractivity contribution in [2.75, 3.05) is 0 Å². The van der Waals surface area contributed by atoms with Gasteiger partial charge in [-0.25, -0.2) is 0 Å². The fourth-order valence-electron chi connectivity index (χ4n) is 2.72. The maximum absolute atomic E-state index is 9.04. The Morgan fingerprint density at radius 1 is 0.542 bits per heavy atom. The highest BCUT2D eigenvalue weighted by Crippen LogP contribution is 2.44. The summed E-state index contributed by atoms with van der Waals surface area (Å²) >= 11 is 0. The summed E-state index contributed by atoms with van der Waals surface area (Å²) in [5, 5.41) is 35.9. The molecule has 0 saturated carbocycles. The van der Waals surface area contributed by atoms with Gasteiger partial charge in [0.1, 0.15) is 0 Å². The van der Waals surface area contributed by atoms with Gasteiger partial charge in [0.2, 0.25) is 0 Å². The average molecular weight is 329 g/mol. The lowest BCUT2D eigenvalue weighted by atomic mass is 9.64. The molecule has 0 aromatic carbocycles. The van der Waals surface area contributed by atoms with E-state index in [1.165, 1.54) is 0 Å². The van der Waals surface area contributed by atoms with Gasteiger partial charge in [0, 0.05) is 0 Å². The Balaban J connectivity index is 0. The van der Waals surface area contributed by atoms with Crippen LogP contribution >= 0.6 is 0 Å². The highest BCUT2D eigenvalue weighted by atomic mass is 14.5. The molecule has 0 aliphatic heterocycles. The lowest BCUT2D eigenvalue weighted by Crippen LogP contribution is -2.34. The fraction of sp³-hybridized carbons (Fsp3) is 0.800. The first-order valence-electron chi connectivity index (χ1n) is 8.64. The third-order valence-corrected chi connectivity index (χ3v) is 6.02. The van der Waals surface area contributed by atoms with Crippen LogP contribution in [0.2, 0.25) is 0 Å². The summed E-state index contributed by atoms with van der Waals surface area (Å²) < 4.78 is 0. The summed E-state index contributed by atoms with van der Waals surface area (Å²) in [6.45, 7) is 15.2. The first kappa shape index (κ1) is 24.2. The number of hydrogen-bond donors (Lipinski definition) is 0. The minimum atomic E-state index is -0.550. The molecular formula is C20H32N4. The highest BCUT2D eigenvalue weighted by molar-refractivity contribution is 5.15. The van der Waals surface area contributed by atoms with Gasteiger partial charge >= 0.3 is 0 Å². The molecule has 0 aromatic heterocycles. The van der Waals surface area contributed by atoms with E-state index in [-0.39, 0.29) is 0 Å². The zero-order chi connectivity index (χ0) is 19.7. The van der Waals surface area contributed by atoms with Crippen molar-refractivity contribution in [3.05, 3.63) is 0 Å². The zero-order valence-corrected chi connectivity index (χ0v) is 16.6. The van der Waals surface area contributed by atoms with Crippen LogP contribution in [0, 0.1) is 67.0 Å². The maximum Gasteiger partial charge on any atom is 0.0749 e. The molecule has 0 spiro atoms. The molecule has 132 valence electrons. The van der Waals surface area contributed by atoms with Crippen LogP contribution in [0.4, 0.5) is 0 Å². The van der Waals surface area contributed by atoms with Crippen LogP contribution in [0.3, 0.4) is 0 Å². The van der Waals surface area contributed by atoms with Gasteiger partial charge in [-0.2, -0.15) is 21.0 Å². The maximum atomic E-state index is 9.04. The van der Waals surface area contributed by atoms with E-state index in [0.29, 0.717) is 0 Å². The fourth-order valence-corrected chi connectivity index (χ4v) is 2.72. The molecule has 0 aromatic rings. The van der Waals surface area contributed by atoms with Crippen LogP contribution in [0.1, 0.15) is 81.1 Å². The standard InChI is InChI=1S/2C10H16N2/c1-5-9(3,7-11)10(4,6-2)8-12;1-5-10(6-2,8-12)9(3,4)7-11/h2*5-6H2,1-4H3. The average Bonchev–Trinajstić information content (AvgIpc) is 2.62. The monoisotopic (exact) mass is 328 g/mol. The number of nitriles is 4. The first-order valence-corrected chi connectivity index (χ1v) is 8.64. The van der Waals surface area contributed by atoms with E-state index >= 15 is 0 Å². The van der Waals surface area contributed by atoms with Gasteiger partial charge in [-0.05, 0) is 53.4 Å². The van der Waals surface area contributed by atoms with Gasteiger partial charge in [-0.15, -0.1) is 0 Å². The molecule has 0 heterocycles. The lowest BCUT2D eigenvalue weighted by Gasteiger charge is -2.34.